The van der Waals surface area contributed by atoms with Crippen molar-refractivity contribution in [1.82, 2.24) is 4.98 Å². The van der Waals surface area contributed by atoms with Gasteiger partial charge in [-0.25, -0.2) is 4.79 Å². The molecule has 0 amide bonds. The summed E-state index contributed by atoms with van der Waals surface area (Å²) in [5.74, 6) is -0.334. The average molecular weight is 191 g/mol. The lowest BCUT2D eigenvalue weighted by atomic mass is 10.2. The summed E-state index contributed by atoms with van der Waals surface area (Å²) in [6, 6.07) is 3.38. The lowest BCUT2D eigenvalue weighted by Gasteiger charge is -2.03. The van der Waals surface area contributed by atoms with Crippen molar-refractivity contribution in [3.63, 3.8) is 0 Å². The van der Waals surface area contributed by atoms with E-state index in [0.29, 0.717) is 18.6 Å². The summed E-state index contributed by atoms with van der Waals surface area (Å²) in [7, 11) is 0. The largest absolute Gasteiger partial charge is 0.462 e. The SMILES string of the molecule is C=C(C)CCOC(=O)c1cccnc1. The number of pyridine rings is 1. The number of carbonyl (C=O) groups is 1. The van der Waals surface area contributed by atoms with Gasteiger partial charge in [0.05, 0.1) is 12.2 Å². The van der Waals surface area contributed by atoms with Crippen molar-refractivity contribution < 1.29 is 9.53 Å². The lowest BCUT2D eigenvalue weighted by Crippen LogP contribution is -2.06. The van der Waals surface area contributed by atoms with E-state index in [2.05, 4.69) is 11.6 Å². The van der Waals surface area contributed by atoms with Gasteiger partial charge in [-0.2, -0.15) is 0 Å². The molecule has 0 aliphatic rings. The topological polar surface area (TPSA) is 39.2 Å². The van der Waals surface area contributed by atoms with Crippen molar-refractivity contribution in [1.29, 1.82) is 0 Å². The molecule has 0 spiro atoms. The van der Waals surface area contributed by atoms with Crippen LogP contribution >= 0.6 is 0 Å². The molecule has 74 valence electrons. The van der Waals surface area contributed by atoms with E-state index in [9.17, 15) is 4.79 Å². The fourth-order valence-electron chi connectivity index (χ4n) is 0.885. The first-order valence-electron chi connectivity index (χ1n) is 4.41. The number of rotatable bonds is 4. The monoisotopic (exact) mass is 191 g/mol. The molecule has 3 heteroatoms. The third-order valence-corrected chi connectivity index (χ3v) is 1.66. The minimum atomic E-state index is -0.334. The van der Waals surface area contributed by atoms with Crippen LogP contribution in [0.5, 0.6) is 0 Å². The Kier molecular flexibility index (Phi) is 3.85. The minimum Gasteiger partial charge on any atom is -0.462 e. The van der Waals surface area contributed by atoms with E-state index < -0.39 is 0 Å². The Morgan fingerprint density at radius 3 is 3.00 bits per heavy atom. The van der Waals surface area contributed by atoms with Gasteiger partial charge < -0.3 is 4.74 Å². The molecule has 0 saturated carbocycles. The summed E-state index contributed by atoms with van der Waals surface area (Å²) < 4.78 is 5.00. The molecule has 0 aliphatic heterocycles. The van der Waals surface area contributed by atoms with E-state index >= 15 is 0 Å². The Balaban J connectivity index is 2.40. The first kappa shape index (κ1) is 10.4. The molecule has 0 unspecified atom stereocenters. The summed E-state index contributed by atoms with van der Waals surface area (Å²) in [5, 5.41) is 0. The van der Waals surface area contributed by atoms with Crippen LogP contribution in [0, 0.1) is 0 Å². The molecule has 0 bridgehead atoms. The van der Waals surface area contributed by atoms with Gasteiger partial charge in [0.2, 0.25) is 0 Å². The zero-order chi connectivity index (χ0) is 10.4. The predicted molar refractivity (Wildman–Crippen MR) is 54.0 cm³/mol. The van der Waals surface area contributed by atoms with E-state index in [4.69, 9.17) is 4.74 Å². The van der Waals surface area contributed by atoms with Crippen molar-refractivity contribution in [2.45, 2.75) is 13.3 Å². The molecule has 0 radical (unpaired) electrons. The zero-order valence-corrected chi connectivity index (χ0v) is 8.19. The van der Waals surface area contributed by atoms with Crippen LogP contribution in [0.2, 0.25) is 0 Å². The molecule has 1 heterocycles. The molecule has 0 atom stereocenters. The van der Waals surface area contributed by atoms with Crippen LogP contribution in [0.4, 0.5) is 0 Å². The quantitative estimate of drug-likeness (QED) is 0.541. The number of carbonyl (C=O) groups excluding carboxylic acids is 1. The third kappa shape index (κ3) is 3.39. The molecule has 0 aliphatic carbocycles. The van der Waals surface area contributed by atoms with Crippen molar-refractivity contribution in [2.24, 2.45) is 0 Å². The van der Waals surface area contributed by atoms with Gasteiger partial charge in [-0.05, 0) is 19.1 Å². The second kappa shape index (κ2) is 5.17. The zero-order valence-electron chi connectivity index (χ0n) is 8.19. The van der Waals surface area contributed by atoms with Gasteiger partial charge in [-0.15, -0.1) is 6.58 Å². The Morgan fingerprint density at radius 1 is 1.64 bits per heavy atom. The Labute approximate surface area is 83.4 Å². The predicted octanol–water partition coefficient (Wildman–Crippen LogP) is 2.20. The first-order chi connectivity index (χ1) is 6.70. The van der Waals surface area contributed by atoms with Crippen LogP contribution in [0.25, 0.3) is 0 Å². The Hall–Kier alpha value is -1.64. The maximum absolute atomic E-state index is 11.3. The fraction of sp³-hybridized carbons (Fsp3) is 0.273. The van der Waals surface area contributed by atoms with Gasteiger partial charge in [0.15, 0.2) is 0 Å². The van der Waals surface area contributed by atoms with Gasteiger partial charge in [-0.1, -0.05) is 5.57 Å². The van der Waals surface area contributed by atoms with E-state index in [-0.39, 0.29) is 5.97 Å². The van der Waals surface area contributed by atoms with Crippen molar-refractivity contribution in [3.8, 4) is 0 Å². The highest BCUT2D eigenvalue weighted by atomic mass is 16.5. The van der Waals surface area contributed by atoms with E-state index in [1.165, 1.54) is 6.20 Å². The van der Waals surface area contributed by atoms with Crippen LogP contribution in [0.1, 0.15) is 23.7 Å². The summed E-state index contributed by atoms with van der Waals surface area (Å²) in [4.78, 5) is 15.2. The average Bonchev–Trinajstić information content (AvgIpc) is 2.18. The number of nitrogens with zero attached hydrogens (tertiary/aromatic N) is 1. The number of hydrogen-bond acceptors (Lipinski definition) is 3. The second-order valence-corrected chi connectivity index (χ2v) is 3.08. The highest BCUT2D eigenvalue weighted by molar-refractivity contribution is 5.88. The van der Waals surface area contributed by atoms with Crippen LogP contribution in [0.3, 0.4) is 0 Å². The normalized spacial score (nSPS) is 9.50. The van der Waals surface area contributed by atoms with Crippen LogP contribution in [-0.4, -0.2) is 17.6 Å². The van der Waals surface area contributed by atoms with Gasteiger partial charge in [0.25, 0.3) is 0 Å². The van der Waals surface area contributed by atoms with E-state index in [1.54, 1.807) is 18.3 Å². The van der Waals surface area contributed by atoms with Crippen molar-refractivity contribution >= 4 is 5.97 Å². The van der Waals surface area contributed by atoms with Crippen LogP contribution in [0.15, 0.2) is 36.7 Å². The fourth-order valence-corrected chi connectivity index (χ4v) is 0.885. The molecule has 0 fully saturated rings. The molecule has 0 aromatic carbocycles. The van der Waals surface area contributed by atoms with Crippen molar-refractivity contribution in [3.05, 3.63) is 42.2 Å². The van der Waals surface area contributed by atoms with Crippen LogP contribution < -0.4 is 0 Å². The highest BCUT2D eigenvalue weighted by Crippen LogP contribution is 2.01. The van der Waals surface area contributed by atoms with Gasteiger partial charge >= 0.3 is 5.97 Å². The number of hydrogen-bond donors (Lipinski definition) is 0. The van der Waals surface area contributed by atoms with Crippen molar-refractivity contribution in [2.75, 3.05) is 6.61 Å². The molecule has 1 rings (SSSR count). The number of esters is 1. The summed E-state index contributed by atoms with van der Waals surface area (Å²) in [6.45, 7) is 6.00. The summed E-state index contributed by atoms with van der Waals surface area (Å²) in [6.07, 6.45) is 3.81. The summed E-state index contributed by atoms with van der Waals surface area (Å²) >= 11 is 0. The van der Waals surface area contributed by atoms with E-state index in [0.717, 1.165) is 5.57 Å². The standard InChI is InChI=1S/C11H13NO2/c1-9(2)5-7-14-11(13)10-4-3-6-12-8-10/h3-4,6,8H,1,5,7H2,2H3. The Morgan fingerprint density at radius 2 is 2.43 bits per heavy atom. The Bertz CT molecular complexity index is 319. The lowest BCUT2D eigenvalue weighted by molar-refractivity contribution is 0.0509. The third-order valence-electron chi connectivity index (χ3n) is 1.66. The molecule has 3 nitrogen and oxygen atoms in total. The molecule has 1 aromatic rings. The van der Waals surface area contributed by atoms with E-state index in [1.807, 2.05) is 6.92 Å². The van der Waals surface area contributed by atoms with Gasteiger partial charge in [0.1, 0.15) is 0 Å². The maximum Gasteiger partial charge on any atom is 0.339 e. The minimum absolute atomic E-state index is 0.334. The molecule has 14 heavy (non-hydrogen) atoms. The smallest absolute Gasteiger partial charge is 0.339 e. The first-order valence-corrected chi connectivity index (χ1v) is 4.41. The second-order valence-electron chi connectivity index (χ2n) is 3.08. The van der Waals surface area contributed by atoms with Gasteiger partial charge in [0, 0.05) is 18.8 Å². The van der Waals surface area contributed by atoms with Gasteiger partial charge in [-0.3, -0.25) is 4.98 Å². The number of ether oxygens (including phenoxy) is 1. The molecular weight excluding hydrogens is 178 g/mol. The maximum atomic E-state index is 11.3. The highest BCUT2D eigenvalue weighted by Gasteiger charge is 2.05. The molecular formula is C11H13NO2. The summed E-state index contributed by atoms with van der Waals surface area (Å²) in [5.41, 5.74) is 1.48. The molecule has 0 saturated heterocycles. The van der Waals surface area contributed by atoms with Crippen LogP contribution in [-0.2, 0) is 4.74 Å². The number of aromatic nitrogens is 1. The molecule has 0 N–H and O–H groups in total. The molecule has 1 aromatic heterocycles.